The summed E-state index contributed by atoms with van der Waals surface area (Å²) in [5, 5.41) is 17.7. The van der Waals surface area contributed by atoms with Crippen molar-refractivity contribution in [2.75, 3.05) is 0 Å². The molecule has 1 N–H and O–H groups in total. The van der Waals surface area contributed by atoms with Gasteiger partial charge in [0.2, 0.25) is 0 Å². The third-order valence-electron chi connectivity index (χ3n) is 1.35. The first-order valence-electron chi connectivity index (χ1n) is 3.07. The Morgan fingerprint density at radius 3 is 2.75 bits per heavy atom. The lowest BCUT2D eigenvalue weighted by Crippen LogP contribution is -1.85. The van der Waals surface area contributed by atoms with Gasteiger partial charge in [0.15, 0.2) is 6.29 Å². The largest absolute Gasteiger partial charge is 0.506 e. The molecule has 0 bridgehead atoms. The van der Waals surface area contributed by atoms with Crippen molar-refractivity contribution < 1.29 is 9.90 Å². The normalized spacial score (nSPS) is 9.00. The standard InChI is InChI=1S/C8H4BrNO2/c9-7-2-5(3-10)1-6(4-11)8(7)12/h1-2,4,12H. The van der Waals surface area contributed by atoms with Crippen LogP contribution in [0.3, 0.4) is 0 Å². The molecule has 0 saturated heterocycles. The lowest BCUT2D eigenvalue weighted by molar-refractivity contribution is 0.112. The summed E-state index contributed by atoms with van der Waals surface area (Å²) >= 11 is 3.02. The summed E-state index contributed by atoms with van der Waals surface area (Å²) in [6.07, 6.45) is 0.501. The second-order valence-electron chi connectivity index (χ2n) is 2.13. The Labute approximate surface area is 77.4 Å². The van der Waals surface area contributed by atoms with Gasteiger partial charge >= 0.3 is 0 Å². The van der Waals surface area contributed by atoms with Crippen LogP contribution in [0.1, 0.15) is 15.9 Å². The van der Waals surface area contributed by atoms with Gasteiger partial charge in [-0.1, -0.05) is 0 Å². The van der Waals surface area contributed by atoms with Crippen molar-refractivity contribution in [3.05, 3.63) is 27.7 Å². The van der Waals surface area contributed by atoms with E-state index in [1.807, 2.05) is 6.07 Å². The number of aldehydes is 1. The van der Waals surface area contributed by atoms with E-state index in [1.54, 1.807) is 0 Å². The van der Waals surface area contributed by atoms with Gasteiger partial charge in [-0.3, -0.25) is 4.79 Å². The van der Waals surface area contributed by atoms with Gasteiger partial charge in [0.1, 0.15) is 5.75 Å². The molecule has 0 atom stereocenters. The second kappa shape index (κ2) is 3.37. The van der Waals surface area contributed by atoms with Crippen LogP contribution in [0.5, 0.6) is 5.75 Å². The fourth-order valence-corrected chi connectivity index (χ4v) is 1.25. The summed E-state index contributed by atoms with van der Waals surface area (Å²) in [4.78, 5) is 10.4. The van der Waals surface area contributed by atoms with Crippen molar-refractivity contribution in [2.45, 2.75) is 0 Å². The van der Waals surface area contributed by atoms with Crippen LogP contribution in [0.4, 0.5) is 0 Å². The molecule has 4 heteroatoms. The molecule has 1 rings (SSSR count). The van der Waals surface area contributed by atoms with Gasteiger partial charge in [0, 0.05) is 0 Å². The van der Waals surface area contributed by atoms with Crippen LogP contribution >= 0.6 is 15.9 Å². The molecule has 1 aromatic rings. The van der Waals surface area contributed by atoms with Crippen LogP contribution in [0.2, 0.25) is 0 Å². The zero-order valence-corrected chi connectivity index (χ0v) is 7.50. The maximum absolute atomic E-state index is 10.4. The highest BCUT2D eigenvalue weighted by atomic mass is 79.9. The van der Waals surface area contributed by atoms with E-state index in [4.69, 9.17) is 5.26 Å². The maximum Gasteiger partial charge on any atom is 0.153 e. The van der Waals surface area contributed by atoms with Crippen LogP contribution < -0.4 is 0 Å². The molecule has 0 heterocycles. The van der Waals surface area contributed by atoms with Gasteiger partial charge in [0.05, 0.1) is 21.7 Å². The van der Waals surface area contributed by atoms with Gasteiger partial charge in [-0.2, -0.15) is 5.26 Å². The Morgan fingerprint density at radius 2 is 2.25 bits per heavy atom. The Kier molecular flexibility index (Phi) is 2.46. The molecule has 0 aliphatic rings. The van der Waals surface area contributed by atoms with E-state index in [1.165, 1.54) is 12.1 Å². The molecule has 0 amide bonds. The number of halogens is 1. The number of phenols is 1. The van der Waals surface area contributed by atoms with E-state index >= 15 is 0 Å². The molecular weight excluding hydrogens is 222 g/mol. The SMILES string of the molecule is N#Cc1cc(Br)c(O)c(C=O)c1. The number of nitrogens with zero attached hydrogens (tertiary/aromatic N) is 1. The maximum atomic E-state index is 10.4. The lowest BCUT2D eigenvalue weighted by Gasteiger charge is -1.99. The fraction of sp³-hybridized carbons (Fsp3) is 0. The minimum atomic E-state index is -0.135. The molecule has 0 saturated carbocycles. The molecule has 0 aliphatic carbocycles. The zero-order valence-electron chi connectivity index (χ0n) is 5.91. The topological polar surface area (TPSA) is 61.1 Å². The third kappa shape index (κ3) is 1.46. The molecule has 0 spiro atoms. The van der Waals surface area contributed by atoms with Crippen LogP contribution in [-0.2, 0) is 0 Å². The van der Waals surface area contributed by atoms with E-state index in [-0.39, 0.29) is 11.3 Å². The lowest BCUT2D eigenvalue weighted by atomic mass is 10.1. The van der Waals surface area contributed by atoms with Crippen molar-refractivity contribution in [1.82, 2.24) is 0 Å². The highest BCUT2D eigenvalue weighted by Gasteiger charge is 2.06. The predicted molar refractivity (Wildman–Crippen MR) is 45.9 cm³/mol. The van der Waals surface area contributed by atoms with Gasteiger partial charge in [-0.05, 0) is 28.1 Å². The number of carbonyl (C=O) groups excluding carboxylic acids is 1. The highest BCUT2D eigenvalue weighted by molar-refractivity contribution is 9.10. The molecule has 0 aliphatic heterocycles. The molecule has 3 nitrogen and oxygen atoms in total. The monoisotopic (exact) mass is 225 g/mol. The van der Waals surface area contributed by atoms with E-state index in [2.05, 4.69) is 15.9 Å². The average Bonchev–Trinajstić information content (AvgIpc) is 2.09. The number of hydrogen-bond acceptors (Lipinski definition) is 3. The first-order chi connectivity index (χ1) is 5.69. The Morgan fingerprint density at radius 1 is 1.58 bits per heavy atom. The molecule has 1 aromatic carbocycles. The summed E-state index contributed by atoms with van der Waals surface area (Å²) in [5.74, 6) is -0.135. The van der Waals surface area contributed by atoms with Crippen molar-refractivity contribution >= 4 is 22.2 Å². The van der Waals surface area contributed by atoms with E-state index in [0.717, 1.165) is 0 Å². The number of rotatable bonds is 1. The quantitative estimate of drug-likeness (QED) is 0.743. The summed E-state index contributed by atoms with van der Waals surface area (Å²) in [7, 11) is 0. The molecular formula is C8H4BrNO2. The average molecular weight is 226 g/mol. The van der Waals surface area contributed by atoms with Crippen LogP contribution in [0.15, 0.2) is 16.6 Å². The van der Waals surface area contributed by atoms with Crippen molar-refractivity contribution in [1.29, 1.82) is 5.26 Å². The summed E-state index contributed by atoms with van der Waals surface area (Å²) < 4.78 is 0.351. The highest BCUT2D eigenvalue weighted by Crippen LogP contribution is 2.27. The van der Waals surface area contributed by atoms with Crippen molar-refractivity contribution in [3.63, 3.8) is 0 Å². The Hall–Kier alpha value is -1.34. The van der Waals surface area contributed by atoms with Gasteiger partial charge in [-0.15, -0.1) is 0 Å². The van der Waals surface area contributed by atoms with Crippen molar-refractivity contribution in [2.24, 2.45) is 0 Å². The first kappa shape index (κ1) is 8.75. The number of benzene rings is 1. The molecule has 60 valence electrons. The number of carbonyl (C=O) groups is 1. The summed E-state index contributed by atoms with van der Waals surface area (Å²) in [6.45, 7) is 0. The predicted octanol–water partition coefficient (Wildman–Crippen LogP) is 1.84. The Balaban J connectivity index is 3.41. The van der Waals surface area contributed by atoms with Gasteiger partial charge in [0.25, 0.3) is 0 Å². The van der Waals surface area contributed by atoms with Crippen molar-refractivity contribution in [3.8, 4) is 11.8 Å². The van der Waals surface area contributed by atoms with E-state index in [0.29, 0.717) is 16.3 Å². The smallest absolute Gasteiger partial charge is 0.153 e. The summed E-state index contributed by atoms with van der Waals surface area (Å²) in [6, 6.07) is 4.64. The van der Waals surface area contributed by atoms with Gasteiger partial charge < -0.3 is 5.11 Å². The fourth-order valence-electron chi connectivity index (χ4n) is 0.775. The van der Waals surface area contributed by atoms with Crippen LogP contribution in [0, 0.1) is 11.3 Å². The molecule has 0 unspecified atom stereocenters. The Bertz CT molecular complexity index is 368. The van der Waals surface area contributed by atoms with Crippen LogP contribution in [0.25, 0.3) is 0 Å². The zero-order chi connectivity index (χ0) is 9.14. The number of aromatic hydroxyl groups is 1. The molecule has 0 aromatic heterocycles. The molecule has 0 radical (unpaired) electrons. The number of nitriles is 1. The van der Waals surface area contributed by atoms with Gasteiger partial charge in [-0.25, -0.2) is 0 Å². The molecule has 0 fully saturated rings. The number of phenolic OH excluding ortho intramolecular Hbond substituents is 1. The van der Waals surface area contributed by atoms with E-state index < -0.39 is 0 Å². The minimum Gasteiger partial charge on any atom is -0.506 e. The van der Waals surface area contributed by atoms with Crippen LogP contribution in [-0.4, -0.2) is 11.4 Å². The first-order valence-corrected chi connectivity index (χ1v) is 3.86. The molecule has 12 heavy (non-hydrogen) atoms. The third-order valence-corrected chi connectivity index (χ3v) is 1.95. The second-order valence-corrected chi connectivity index (χ2v) is 2.98. The summed E-state index contributed by atoms with van der Waals surface area (Å²) in [5.41, 5.74) is 0.447. The number of hydrogen-bond donors (Lipinski definition) is 1. The van der Waals surface area contributed by atoms with E-state index in [9.17, 15) is 9.90 Å². The minimum absolute atomic E-state index is 0.112.